The largest absolute Gasteiger partial charge is 0.0656 e. The molecule has 0 atom stereocenters. The van der Waals surface area contributed by atoms with E-state index in [4.69, 9.17) is 0 Å². The molecule has 1 aromatic heterocycles. The molecule has 0 N–H and O–H groups in total. The van der Waals surface area contributed by atoms with E-state index in [1.54, 1.807) is 0 Å². The average molecular weight is 92.1 g/mol. The lowest BCUT2D eigenvalue weighted by Crippen LogP contribution is -1.27. The fourth-order valence-electron chi connectivity index (χ4n) is 0. The normalized spacial score (nSPS) is 7.00. The summed E-state index contributed by atoms with van der Waals surface area (Å²) in [6.07, 6.45) is 1.25. The molecule has 3 heteroatoms. The van der Waals surface area contributed by atoms with E-state index >= 15 is 0 Å². The van der Waals surface area contributed by atoms with Gasteiger partial charge < -0.3 is 0 Å². The lowest BCUT2D eigenvalue weighted by Gasteiger charge is -1.48. The first-order valence-corrected chi connectivity index (χ1v) is 1.91. The highest BCUT2D eigenvalue weighted by molar-refractivity contribution is 3.92. The van der Waals surface area contributed by atoms with Crippen molar-refractivity contribution in [2.24, 2.45) is 0 Å². The monoisotopic (exact) mass is 92.0 g/mol. The van der Waals surface area contributed by atoms with Gasteiger partial charge in [-0.15, -0.1) is 0 Å². The molecule has 38 valence electrons. The highest BCUT2D eigenvalue weighted by Gasteiger charge is 1.63. The lowest BCUT2D eigenvalue weighted by atomic mass is 10.6. The summed E-state index contributed by atoms with van der Waals surface area (Å²) >= 11 is 0. The van der Waals surface area contributed by atoms with Crippen molar-refractivity contribution in [1.82, 2.24) is 0 Å². The van der Waals surface area contributed by atoms with E-state index in [2.05, 4.69) is 28.1 Å². The van der Waals surface area contributed by atoms with Crippen molar-refractivity contribution in [2.45, 2.75) is 20.3 Å². The highest BCUT2D eigenvalue weighted by atomic mass is 17.6. The van der Waals surface area contributed by atoms with Crippen molar-refractivity contribution >= 4 is 0 Å². The minimum absolute atomic E-state index is 1.25. The fourth-order valence-corrected chi connectivity index (χ4v) is 0. The quantitative estimate of drug-likeness (QED) is 0.458. The fraction of sp³-hybridized carbons (Fsp3) is 1.00. The third kappa shape index (κ3) is 122. The number of hydrogen-bond acceptors (Lipinski definition) is 3. The van der Waals surface area contributed by atoms with Crippen molar-refractivity contribution in [3.63, 3.8) is 0 Å². The van der Waals surface area contributed by atoms with Crippen LogP contribution in [0, 0.1) is 0 Å². The summed E-state index contributed by atoms with van der Waals surface area (Å²) in [6.45, 7) is 4.25. The molecule has 0 saturated heterocycles. The van der Waals surface area contributed by atoms with Crippen molar-refractivity contribution < 1.29 is 14.2 Å². The molecular weight excluding hydrogens is 84.0 g/mol. The Hall–Kier alpha value is -0.600. The Morgan fingerprint density at radius 2 is 1.17 bits per heavy atom. The van der Waals surface area contributed by atoms with Gasteiger partial charge in [0, 0.05) is 14.2 Å². The van der Waals surface area contributed by atoms with Gasteiger partial charge in [-0.05, 0) is 0 Å². The minimum atomic E-state index is 1.25. The molecule has 6 heavy (non-hydrogen) atoms. The molecule has 1 aromatic rings. The Bertz CT molecular complexity index is 43.1. The van der Waals surface area contributed by atoms with Crippen molar-refractivity contribution in [3.8, 4) is 0 Å². The number of hydrogen-bond donors (Lipinski definition) is 0. The lowest BCUT2D eigenvalue weighted by molar-refractivity contribution is 0.264. The third-order valence-electron chi connectivity index (χ3n) is 0.0680. The molecular formula is C3H8O3. The van der Waals surface area contributed by atoms with E-state index in [1.165, 1.54) is 6.42 Å². The van der Waals surface area contributed by atoms with Crippen LogP contribution in [0.4, 0.5) is 0 Å². The van der Waals surface area contributed by atoms with Gasteiger partial charge in [0.15, 0.2) is 0 Å². The Kier molecular flexibility index (Phi) is 3.96. The van der Waals surface area contributed by atoms with Gasteiger partial charge >= 0.3 is 0 Å². The maximum absolute atomic E-state index is 3.50. The topological polar surface area (TPSA) is 39.4 Å². The predicted octanol–water partition coefficient (Wildman–Crippen LogP) is 1.88. The predicted molar refractivity (Wildman–Crippen MR) is 19.2 cm³/mol. The molecule has 0 aliphatic carbocycles. The Morgan fingerprint density at radius 3 is 1.17 bits per heavy atom. The molecule has 0 aliphatic heterocycles. The van der Waals surface area contributed by atoms with Crippen LogP contribution in [0.5, 0.6) is 0 Å². The summed E-state index contributed by atoms with van der Waals surface area (Å²) in [6, 6.07) is 0. The first kappa shape index (κ1) is 5.40. The average Bonchev–Trinajstić information content (AvgIpc) is 2.11. The van der Waals surface area contributed by atoms with Gasteiger partial charge in [0.2, 0.25) is 0 Å². The second-order valence-corrected chi connectivity index (χ2v) is 0.911. The van der Waals surface area contributed by atoms with Gasteiger partial charge in [-0.1, -0.05) is 20.3 Å². The van der Waals surface area contributed by atoms with E-state index in [0.717, 1.165) is 0 Å². The molecule has 0 radical (unpaired) electrons. The highest BCUT2D eigenvalue weighted by Crippen LogP contribution is 1.79. The zero-order chi connectivity index (χ0) is 4.83. The molecule has 0 amide bonds. The molecule has 0 saturated carbocycles. The van der Waals surface area contributed by atoms with Crippen LogP contribution in [-0.4, -0.2) is 0 Å². The van der Waals surface area contributed by atoms with Gasteiger partial charge in [0.25, 0.3) is 0 Å². The molecule has 1 heterocycles. The van der Waals surface area contributed by atoms with E-state index in [9.17, 15) is 0 Å². The Balaban J connectivity index is 0.0000000833. The van der Waals surface area contributed by atoms with E-state index < -0.39 is 0 Å². The van der Waals surface area contributed by atoms with E-state index in [0.29, 0.717) is 0 Å². The molecule has 3 nitrogen and oxygen atoms in total. The van der Waals surface area contributed by atoms with Gasteiger partial charge in [-0.2, -0.15) is 0 Å². The second kappa shape index (κ2) is 4.40. The molecule has 0 unspecified atom stereocenters. The van der Waals surface area contributed by atoms with Gasteiger partial charge in [-0.25, -0.2) is 0 Å². The summed E-state index contributed by atoms with van der Waals surface area (Å²) in [5, 5.41) is 0. The van der Waals surface area contributed by atoms with Crippen LogP contribution in [0.15, 0.2) is 14.2 Å². The van der Waals surface area contributed by atoms with Crippen LogP contribution < -0.4 is 0 Å². The molecule has 0 aromatic carbocycles. The minimum Gasteiger partial charge on any atom is -0.0656 e. The van der Waals surface area contributed by atoms with Crippen LogP contribution in [0.1, 0.15) is 20.3 Å². The summed E-state index contributed by atoms with van der Waals surface area (Å²) in [5.41, 5.74) is 0. The van der Waals surface area contributed by atoms with Gasteiger partial charge in [0.1, 0.15) is 0 Å². The summed E-state index contributed by atoms with van der Waals surface area (Å²) in [5.74, 6) is 0. The summed E-state index contributed by atoms with van der Waals surface area (Å²) < 4.78 is 10.5. The van der Waals surface area contributed by atoms with Crippen LogP contribution in [-0.2, 0) is 0 Å². The zero-order valence-corrected chi connectivity index (χ0v) is 3.93. The van der Waals surface area contributed by atoms with E-state index in [-0.39, 0.29) is 0 Å². The molecule has 0 fully saturated rings. The maximum Gasteiger partial charge on any atom is 0 e. The van der Waals surface area contributed by atoms with Gasteiger partial charge in [-0.3, -0.25) is 0 Å². The third-order valence-corrected chi connectivity index (χ3v) is 0.0680. The SMILES string of the molecule is CCC.o1oo1. The molecule has 0 bridgehead atoms. The van der Waals surface area contributed by atoms with Crippen LogP contribution in [0.25, 0.3) is 0 Å². The molecule has 1 rings (SSSR count). The first-order chi connectivity index (χ1) is 2.91. The number of rotatable bonds is 0. The summed E-state index contributed by atoms with van der Waals surface area (Å²) in [4.78, 5) is 0. The molecule has 0 aliphatic rings. The smallest absolute Gasteiger partial charge is 0 e. The standard InChI is InChI=1S/C3H8.O3/c1-3-2;1-2-3-1/h3H2,1-2H3;. The van der Waals surface area contributed by atoms with Crippen LogP contribution in [0.2, 0.25) is 0 Å². The van der Waals surface area contributed by atoms with Crippen molar-refractivity contribution in [3.05, 3.63) is 0 Å². The Morgan fingerprint density at radius 1 is 1.00 bits per heavy atom. The van der Waals surface area contributed by atoms with Crippen molar-refractivity contribution in [2.75, 3.05) is 0 Å². The zero-order valence-electron chi connectivity index (χ0n) is 3.93. The van der Waals surface area contributed by atoms with Crippen molar-refractivity contribution in [1.29, 1.82) is 0 Å². The molecule has 0 spiro atoms. The Labute approximate surface area is 35.7 Å². The van der Waals surface area contributed by atoms with Crippen LogP contribution in [0.3, 0.4) is 0 Å². The first-order valence-electron chi connectivity index (χ1n) is 1.91. The van der Waals surface area contributed by atoms with E-state index in [1.807, 2.05) is 0 Å². The maximum atomic E-state index is 3.50. The second-order valence-electron chi connectivity index (χ2n) is 0.911. The summed E-state index contributed by atoms with van der Waals surface area (Å²) in [7, 11) is 0. The van der Waals surface area contributed by atoms with Gasteiger partial charge in [0.05, 0.1) is 0 Å². The van der Waals surface area contributed by atoms with Crippen LogP contribution >= 0.6 is 0 Å².